The van der Waals surface area contributed by atoms with Gasteiger partial charge in [-0.1, -0.05) is 0 Å². The highest BCUT2D eigenvalue weighted by Crippen LogP contribution is 2.31. The topological polar surface area (TPSA) is 91.3 Å². The lowest BCUT2D eigenvalue weighted by Crippen LogP contribution is -2.38. The molecule has 4 rings (SSSR count). The summed E-state index contributed by atoms with van der Waals surface area (Å²) in [7, 11) is 1.88. The van der Waals surface area contributed by atoms with E-state index in [0.717, 1.165) is 70.8 Å². The van der Waals surface area contributed by atoms with Gasteiger partial charge in [0.25, 0.3) is 5.91 Å². The van der Waals surface area contributed by atoms with Crippen LogP contribution in [0.2, 0.25) is 0 Å². The van der Waals surface area contributed by atoms with Crippen LogP contribution in [0.4, 0.5) is 5.82 Å². The molecule has 0 bridgehead atoms. The van der Waals surface area contributed by atoms with E-state index in [2.05, 4.69) is 10.3 Å². The highest BCUT2D eigenvalue weighted by molar-refractivity contribution is 7.13. The molecule has 8 nitrogen and oxygen atoms in total. The van der Waals surface area contributed by atoms with E-state index >= 15 is 0 Å². The molecule has 2 aromatic heterocycles. The quantitative estimate of drug-likeness (QED) is 0.808. The maximum atomic E-state index is 13.1. The first-order chi connectivity index (χ1) is 14.4. The fourth-order valence-electron chi connectivity index (χ4n) is 4.34. The zero-order valence-corrected chi connectivity index (χ0v) is 18.8. The van der Waals surface area contributed by atoms with Crippen molar-refractivity contribution in [2.75, 3.05) is 32.0 Å². The summed E-state index contributed by atoms with van der Waals surface area (Å²) in [5, 5.41) is 4.13. The molecule has 0 atom stereocenters. The lowest BCUT2D eigenvalue weighted by Gasteiger charge is -2.32. The monoisotopic (exact) mass is 428 g/mol. The Labute approximate surface area is 180 Å². The van der Waals surface area contributed by atoms with Crippen LogP contribution in [0.25, 0.3) is 0 Å². The second-order valence-corrected chi connectivity index (χ2v) is 9.21. The molecule has 30 heavy (non-hydrogen) atoms. The Morgan fingerprint density at radius 1 is 1.07 bits per heavy atom. The van der Waals surface area contributed by atoms with Gasteiger partial charge in [-0.05, 0) is 33.1 Å². The summed E-state index contributed by atoms with van der Waals surface area (Å²) in [5.41, 5.74) is 2.82. The number of likely N-dealkylation sites (tertiary alicyclic amines) is 1. The van der Waals surface area contributed by atoms with Gasteiger partial charge in [-0.15, -0.1) is 11.3 Å². The van der Waals surface area contributed by atoms with Crippen LogP contribution in [0, 0.1) is 13.8 Å². The van der Waals surface area contributed by atoms with Gasteiger partial charge in [0.2, 0.25) is 5.91 Å². The van der Waals surface area contributed by atoms with Crippen molar-refractivity contribution >= 4 is 29.0 Å². The molecular weight excluding hydrogens is 400 g/mol. The molecule has 2 amide bonds. The van der Waals surface area contributed by atoms with E-state index in [1.165, 1.54) is 11.3 Å². The number of amides is 2. The van der Waals surface area contributed by atoms with Crippen molar-refractivity contribution in [2.24, 2.45) is 0 Å². The molecular formula is C21H28N6O2S. The maximum absolute atomic E-state index is 13.1. The molecule has 2 aliphatic rings. The number of aryl methyl sites for hydroxylation is 2. The Balaban J connectivity index is 1.57. The second kappa shape index (κ2) is 8.29. The highest BCUT2D eigenvalue weighted by Gasteiger charge is 2.30. The third kappa shape index (κ3) is 3.90. The molecule has 1 N–H and O–H groups in total. The van der Waals surface area contributed by atoms with Gasteiger partial charge in [0.15, 0.2) is 0 Å². The average molecular weight is 429 g/mol. The summed E-state index contributed by atoms with van der Waals surface area (Å²) < 4.78 is 0. The number of rotatable bonds is 3. The minimum atomic E-state index is 0.0321. The number of aromatic nitrogens is 3. The fraction of sp³-hybridized carbons (Fsp3) is 0.571. The molecule has 0 unspecified atom stereocenters. The van der Waals surface area contributed by atoms with Crippen molar-refractivity contribution in [3.8, 4) is 0 Å². The van der Waals surface area contributed by atoms with Crippen molar-refractivity contribution in [3.05, 3.63) is 32.7 Å². The van der Waals surface area contributed by atoms with Gasteiger partial charge >= 0.3 is 0 Å². The van der Waals surface area contributed by atoms with Gasteiger partial charge < -0.3 is 15.1 Å². The number of hydrogen-bond donors (Lipinski definition) is 1. The van der Waals surface area contributed by atoms with E-state index in [-0.39, 0.29) is 17.7 Å². The molecule has 160 valence electrons. The van der Waals surface area contributed by atoms with E-state index in [1.54, 1.807) is 6.92 Å². The van der Waals surface area contributed by atoms with E-state index < -0.39 is 0 Å². The lowest BCUT2D eigenvalue weighted by molar-refractivity contribution is -0.129. The Morgan fingerprint density at radius 3 is 2.40 bits per heavy atom. The predicted octanol–water partition coefficient (Wildman–Crippen LogP) is 2.52. The van der Waals surface area contributed by atoms with Gasteiger partial charge in [-0.3, -0.25) is 9.59 Å². The van der Waals surface area contributed by atoms with E-state index in [0.29, 0.717) is 13.1 Å². The summed E-state index contributed by atoms with van der Waals surface area (Å²) in [6, 6.07) is 0. The number of nitrogens with one attached hydrogen (secondary N) is 1. The Hall–Kier alpha value is -2.55. The van der Waals surface area contributed by atoms with Crippen LogP contribution in [0.15, 0.2) is 0 Å². The van der Waals surface area contributed by atoms with Gasteiger partial charge in [0.1, 0.15) is 16.5 Å². The molecule has 4 heterocycles. The highest BCUT2D eigenvalue weighted by atomic mass is 32.1. The summed E-state index contributed by atoms with van der Waals surface area (Å²) in [5.74, 6) is 2.07. The Kier molecular flexibility index (Phi) is 5.73. The normalized spacial score (nSPS) is 17.1. The molecule has 0 saturated carbocycles. The third-order valence-corrected chi connectivity index (χ3v) is 7.07. The maximum Gasteiger partial charge on any atom is 0.266 e. The van der Waals surface area contributed by atoms with E-state index in [9.17, 15) is 9.59 Å². The zero-order valence-electron chi connectivity index (χ0n) is 18.0. The molecule has 9 heteroatoms. The van der Waals surface area contributed by atoms with Gasteiger partial charge in [-0.2, -0.15) is 0 Å². The molecule has 1 fully saturated rings. The van der Waals surface area contributed by atoms with Crippen LogP contribution < -0.4 is 5.32 Å². The summed E-state index contributed by atoms with van der Waals surface area (Å²) >= 11 is 1.45. The lowest BCUT2D eigenvalue weighted by atomic mass is 9.95. The van der Waals surface area contributed by atoms with Crippen LogP contribution in [-0.2, 0) is 17.8 Å². The van der Waals surface area contributed by atoms with Crippen LogP contribution in [0.1, 0.15) is 63.1 Å². The third-order valence-electron chi connectivity index (χ3n) is 6.01. The standard InChI is InChI=1S/C21H28N6O2S/c1-12-18(30-13(2)23-12)21(29)27-10-7-16-17(11-27)24-19(25-20(16)22-4)15-5-8-26(9-6-15)14(3)28/h15H,5-11H2,1-4H3,(H,22,24,25). The van der Waals surface area contributed by atoms with E-state index in [4.69, 9.17) is 9.97 Å². The summed E-state index contributed by atoms with van der Waals surface area (Å²) in [6.45, 7) is 8.05. The number of fused-ring (bicyclic) bond motifs is 1. The smallest absolute Gasteiger partial charge is 0.266 e. The van der Waals surface area contributed by atoms with Gasteiger partial charge in [0, 0.05) is 45.1 Å². The van der Waals surface area contributed by atoms with Gasteiger partial charge in [-0.25, -0.2) is 15.0 Å². The molecule has 0 aromatic carbocycles. The molecule has 2 aromatic rings. The number of piperidine rings is 1. The van der Waals surface area contributed by atoms with Crippen molar-refractivity contribution < 1.29 is 9.59 Å². The molecule has 0 aliphatic carbocycles. The van der Waals surface area contributed by atoms with Crippen molar-refractivity contribution in [1.82, 2.24) is 24.8 Å². The molecule has 2 aliphatic heterocycles. The largest absolute Gasteiger partial charge is 0.373 e. The average Bonchev–Trinajstić information content (AvgIpc) is 3.09. The first kappa shape index (κ1) is 20.7. The first-order valence-electron chi connectivity index (χ1n) is 10.4. The Bertz CT molecular complexity index is 980. The van der Waals surface area contributed by atoms with E-state index in [1.807, 2.05) is 30.7 Å². The Morgan fingerprint density at radius 2 is 1.80 bits per heavy atom. The summed E-state index contributed by atoms with van der Waals surface area (Å²) in [6.07, 6.45) is 2.46. The number of nitrogens with zero attached hydrogens (tertiary/aromatic N) is 5. The van der Waals surface area contributed by atoms with Gasteiger partial charge in [0.05, 0.1) is 22.9 Å². The van der Waals surface area contributed by atoms with Crippen molar-refractivity contribution in [3.63, 3.8) is 0 Å². The number of anilines is 1. The molecule has 1 saturated heterocycles. The second-order valence-electron chi connectivity index (χ2n) is 8.01. The summed E-state index contributed by atoms with van der Waals surface area (Å²) in [4.78, 5) is 43.3. The first-order valence-corrected chi connectivity index (χ1v) is 11.2. The SMILES string of the molecule is CNc1nc(C2CCN(C(C)=O)CC2)nc2c1CCN(C(=O)c1sc(C)nc1C)C2. The zero-order chi connectivity index (χ0) is 21.4. The number of hydrogen-bond acceptors (Lipinski definition) is 7. The predicted molar refractivity (Wildman–Crippen MR) is 116 cm³/mol. The minimum Gasteiger partial charge on any atom is -0.373 e. The number of thiazole rings is 1. The van der Waals surface area contributed by atoms with Crippen LogP contribution in [0.3, 0.4) is 0 Å². The molecule has 0 spiro atoms. The van der Waals surface area contributed by atoms with Crippen LogP contribution >= 0.6 is 11.3 Å². The fourth-order valence-corrected chi connectivity index (χ4v) is 5.23. The molecule has 0 radical (unpaired) electrons. The van der Waals surface area contributed by atoms with Crippen molar-refractivity contribution in [2.45, 2.75) is 52.5 Å². The number of carbonyl (C=O) groups is 2. The van der Waals surface area contributed by atoms with Crippen molar-refractivity contribution in [1.29, 1.82) is 0 Å². The minimum absolute atomic E-state index is 0.0321. The number of carbonyl (C=O) groups excluding carboxylic acids is 2. The van der Waals surface area contributed by atoms with Crippen LogP contribution in [-0.4, -0.2) is 63.2 Å². The van der Waals surface area contributed by atoms with Crippen LogP contribution in [0.5, 0.6) is 0 Å².